The molecule has 0 aromatic heterocycles. The van der Waals surface area contributed by atoms with Crippen molar-refractivity contribution in [1.82, 2.24) is 0 Å². The van der Waals surface area contributed by atoms with Crippen LogP contribution in [0, 0.1) is 0 Å². The van der Waals surface area contributed by atoms with E-state index < -0.39 is 5.97 Å². The van der Waals surface area contributed by atoms with Crippen molar-refractivity contribution in [2.45, 2.75) is 20.3 Å². The van der Waals surface area contributed by atoms with Crippen molar-refractivity contribution < 1.29 is 30.0 Å². The topological polar surface area (TPSA) is 115 Å². The SMILES string of the molecule is CC(=O)O.CCC=O.Oc1ccc(O)c(O)c1. The lowest BCUT2D eigenvalue weighted by Gasteiger charge is -1.95. The van der Waals surface area contributed by atoms with Crippen LogP contribution in [0.4, 0.5) is 0 Å². The summed E-state index contributed by atoms with van der Waals surface area (Å²) in [5.41, 5.74) is 0. The highest BCUT2D eigenvalue weighted by molar-refractivity contribution is 5.62. The number of carboxylic acids is 1. The molecule has 6 nitrogen and oxygen atoms in total. The molecule has 0 heterocycles. The predicted molar refractivity (Wildman–Crippen MR) is 61.1 cm³/mol. The molecular formula is C11H16O6. The molecule has 4 N–H and O–H groups in total. The first kappa shape index (κ1) is 17.2. The Morgan fingerprint density at radius 1 is 1.24 bits per heavy atom. The summed E-state index contributed by atoms with van der Waals surface area (Å²) in [6.07, 6.45) is 1.51. The fraction of sp³-hybridized carbons (Fsp3) is 0.273. The van der Waals surface area contributed by atoms with E-state index in [-0.39, 0.29) is 17.2 Å². The predicted octanol–water partition coefficient (Wildman–Crippen LogP) is 1.49. The molecule has 0 aliphatic rings. The molecule has 0 amide bonds. The Morgan fingerprint density at radius 2 is 1.65 bits per heavy atom. The minimum absolute atomic E-state index is 0.0645. The van der Waals surface area contributed by atoms with Gasteiger partial charge < -0.3 is 25.2 Å². The summed E-state index contributed by atoms with van der Waals surface area (Å²) in [4.78, 5) is 18.2. The Morgan fingerprint density at radius 3 is 1.88 bits per heavy atom. The van der Waals surface area contributed by atoms with Crippen LogP contribution in [-0.2, 0) is 9.59 Å². The highest BCUT2D eigenvalue weighted by atomic mass is 16.4. The van der Waals surface area contributed by atoms with Crippen LogP contribution in [0.3, 0.4) is 0 Å². The molecule has 1 aromatic rings. The maximum absolute atomic E-state index is 9.17. The normalized spacial score (nSPS) is 7.88. The van der Waals surface area contributed by atoms with Crippen molar-refractivity contribution in [3.8, 4) is 17.2 Å². The summed E-state index contributed by atoms with van der Waals surface area (Å²) < 4.78 is 0. The standard InChI is InChI=1S/C6H6O3.C3H6O.C2H4O2/c7-4-1-2-5(8)6(9)3-4;1-2-3-4;1-2(3)4/h1-3,7-9H;3H,2H2,1H3;1H3,(H,3,4). The highest BCUT2D eigenvalue weighted by Crippen LogP contribution is 2.27. The molecule has 0 atom stereocenters. The molecule has 17 heavy (non-hydrogen) atoms. The molecule has 1 aromatic carbocycles. The van der Waals surface area contributed by atoms with E-state index in [4.69, 9.17) is 25.2 Å². The first-order valence-corrected chi connectivity index (χ1v) is 4.69. The Hall–Kier alpha value is -2.24. The molecule has 96 valence electrons. The number of carbonyl (C=O) groups excluding carboxylic acids is 1. The van der Waals surface area contributed by atoms with Gasteiger partial charge in [0.05, 0.1) is 0 Å². The summed E-state index contributed by atoms with van der Waals surface area (Å²) in [6.45, 7) is 2.90. The zero-order chi connectivity index (χ0) is 13.8. The third-order valence-electron chi connectivity index (χ3n) is 1.13. The zero-order valence-corrected chi connectivity index (χ0v) is 9.62. The van der Waals surface area contributed by atoms with Gasteiger partial charge in [-0.25, -0.2) is 0 Å². The number of aromatic hydroxyl groups is 3. The van der Waals surface area contributed by atoms with Crippen LogP contribution in [0.15, 0.2) is 18.2 Å². The Bertz CT molecular complexity index is 344. The maximum atomic E-state index is 9.17. The van der Waals surface area contributed by atoms with Gasteiger partial charge in [-0.1, -0.05) is 6.92 Å². The van der Waals surface area contributed by atoms with Gasteiger partial charge in [0, 0.05) is 19.4 Å². The Balaban J connectivity index is 0. The van der Waals surface area contributed by atoms with Crippen molar-refractivity contribution in [3.63, 3.8) is 0 Å². The number of rotatable bonds is 1. The molecule has 0 unspecified atom stereocenters. The van der Waals surface area contributed by atoms with E-state index in [0.29, 0.717) is 6.42 Å². The number of benzene rings is 1. The number of carboxylic acid groups (broad SMARTS) is 1. The van der Waals surface area contributed by atoms with Gasteiger partial charge in [0.25, 0.3) is 5.97 Å². The van der Waals surface area contributed by atoms with Gasteiger partial charge >= 0.3 is 0 Å². The average Bonchev–Trinajstić information content (AvgIpc) is 2.23. The van der Waals surface area contributed by atoms with Gasteiger partial charge in [0.15, 0.2) is 11.5 Å². The molecule has 1 rings (SSSR count). The molecule has 0 spiro atoms. The van der Waals surface area contributed by atoms with E-state index >= 15 is 0 Å². The van der Waals surface area contributed by atoms with Gasteiger partial charge in [-0.15, -0.1) is 0 Å². The second-order valence-electron chi connectivity index (χ2n) is 2.77. The fourth-order valence-corrected chi connectivity index (χ4v) is 0.512. The summed E-state index contributed by atoms with van der Waals surface area (Å²) >= 11 is 0. The molecule has 0 bridgehead atoms. The van der Waals surface area contributed by atoms with E-state index in [1.165, 1.54) is 12.1 Å². The van der Waals surface area contributed by atoms with E-state index in [1.54, 1.807) is 0 Å². The van der Waals surface area contributed by atoms with E-state index in [9.17, 15) is 4.79 Å². The Labute approximate surface area is 98.8 Å². The highest BCUT2D eigenvalue weighted by Gasteiger charge is 1.96. The van der Waals surface area contributed by atoms with Crippen LogP contribution in [0.2, 0.25) is 0 Å². The van der Waals surface area contributed by atoms with Gasteiger partial charge in [-0.05, 0) is 12.1 Å². The van der Waals surface area contributed by atoms with Gasteiger partial charge in [-0.3, -0.25) is 4.79 Å². The van der Waals surface area contributed by atoms with E-state index in [1.807, 2.05) is 6.92 Å². The first-order chi connectivity index (χ1) is 7.84. The molecular weight excluding hydrogens is 228 g/mol. The van der Waals surface area contributed by atoms with Crippen molar-refractivity contribution in [3.05, 3.63) is 18.2 Å². The third-order valence-corrected chi connectivity index (χ3v) is 1.13. The van der Waals surface area contributed by atoms with Gasteiger partial charge in [-0.2, -0.15) is 0 Å². The summed E-state index contributed by atoms with van der Waals surface area (Å²) in [6, 6.07) is 3.56. The zero-order valence-electron chi connectivity index (χ0n) is 9.62. The smallest absolute Gasteiger partial charge is 0.300 e. The van der Waals surface area contributed by atoms with Crippen LogP contribution < -0.4 is 0 Å². The Kier molecular flexibility index (Phi) is 10.4. The van der Waals surface area contributed by atoms with Crippen molar-refractivity contribution in [1.29, 1.82) is 0 Å². The third kappa shape index (κ3) is 13.8. The second kappa shape index (κ2) is 10.3. The lowest BCUT2D eigenvalue weighted by molar-refractivity contribution is -0.134. The molecule has 0 aliphatic heterocycles. The number of hydrogen-bond acceptors (Lipinski definition) is 5. The first-order valence-electron chi connectivity index (χ1n) is 4.69. The lowest BCUT2D eigenvalue weighted by Crippen LogP contribution is -1.78. The monoisotopic (exact) mass is 244 g/mol. The molecule has 0 radical (unpaired) electrons. The van der Waals surface area contributed by atoms with Crippen LogP contribution in [0.5, 0.6) is 17.2 Å². The van der Waals surface area contributed by atoms with E-state index in [2.05, 4.69) is 0 Å². The molecule has 0 saturated carbocycles. The van der Waals surface area contributed by atoms with E-state index in [0.717, 1.165) is 19.3 Å². The quantitative estimate of drug-likeness (QED) is 0.338. The number of hydrogen-bond donors (Lipinski definition) is 4. The molecule has 0 aliphatic carbocycles. The van der Waals surface area contributed by atoms with Crippen molar-refractivity contribution in [2.75, 3.05) is 0 Å². The molecule has 6 heteroatoms. The summed E-state index contributed by atoms with van der Waals surface area (Å²) in [5, 5.41) is 33.5. The molecule has 0 saturated heterocycles. The number of carbonyl (C=O) groups is 2. The summed E-state index contributed by atoms with van der Waals surface area (Å²) in [5.74, 6) is -1.44. The fourth-order valence-electron chi connectivity index (χ4n) is 0.512. The minimum Gasteiger partial charge on any atom is -0.508 e. The number of aliphatic carboxylic acids is 1. The summed E-state index contributed by atoms with van der Waals surface area (Å²) in [7, 11) is 0. The van der Waals surface area contributed by atoms with Gasteiger partial charge in [0.1, 0.15) is 12.0 Å². The minimum atomic E-state index is -0.833. The van der Waals surface area contributed by atoms with Crippen LogP contribution >= 0.6 is 0 Å². The lowest BCUT2D eigenvalue weighted by atomic mass is 10.3. The van der Waals surface area contributed by atoms with Crippen molar-refractivity contribution >= 4 is 12.3 Å². The van der Waals surface area contributed by atoms with Gasteiger partial charge in [0.2, 0.25) is 0 Å². The van der Waals surface area contributed by atoms with Crippen LogP contribution in [0.1, 0.15) is 20.3 Å². The average molecular weight is 244 g/mol. The van der Waals surface area contributed by atoms with Crippen LogP contribution in [-0.4, -0.2) is 32.7 Å². The number of phenols is 3. The molecule has 0 fully saturated rings. The maximum Gasteiger partial charge on any atom is 0.300 e. The van der Waals surface area contributed by atoms with Crippen molar-refractivity contribution in [2.24, 2.45) is 0 Å². The number of aldehydes is 1. The van der Waals surface area contributed by atoms with Crippen LogP contribution in [0.25, 0.3) is 0 Å². The second-order valence-corrected chi connectivity index (χ2v) is 2.77. The number of phenolic OH excluding ortho intramolecular Hbond substituents is 3. The largest absolute Gasteiger partial charge is 0.508 e.